The van der Waals surface area contributed by atoms with Crippen molar-refractivity contribution < 1.29 is 14.7 Å². The smallest absolute Gasteiger partial charge is 0.358 e. The van der Waals surface area contributed by atoms with Crippen molar-refractivity contribution >= 4 is 61.0 Å². The number of nitrogens with zero attached hydrogens (tertiary/aromatic N) is 2. The Kier molecular flexibility index (Phi) is 6.45. The van der Waals surface area contributed by atoms with Gasteiger partial charge >= 0.3 is 5.97 Å². The van der Waals surface area contributed by atoms with Gasteiger partial charge in [-0.15, -0.1) is 0 Å². The van der Waals surface area contributed by atoms with Gasteiger partial charge in [0.05, 0.1) is 11.4 Å². The summed E-state index contributed by atoms with van der Waals surface area (Å²) < 4.78 is 3.24. The van der Waals surface area contributed by atoms with Crippen LogP contribution in [0.25, 0.3) is 16.9 Å². The maximum absolute atomic E-state index is 12.9. The lowest BCUT2D eigenvalue weighted by Gasteiger charge is -2.12. The molecule has 2 N–H and O–H groups in total. The standard InChI is InChI=1S/C23H14Br2ClN3O3/c24-15-5-1-13(2-6-15)21-19(27-22(30)14-3-9-17(26)10-4-14)20(23(31)32)28-29(21)18-11-7-16(25)8-12-18/h1-12H,(H,27,30)(H,31,32). The number of halogens is 3. The highest BCUT2D eigenvalue weighted by atomic mass is 79.9. The van der Waals surface area contributed by atoms with Gasteiger partial charge < -0.3 is 10.4 Å². The number of carbonyl (C=O) groups is 2. The van der Waals surface area contributed by atoms with Crippen molar-refractivity contribution in [3.8, 4) is 16.9 Å². The number of rotatable bonds is 5. The molecule has 4 rings (SSSR count). The lowest BCUT2D eigenvalue weighted by atomic mass is 10.1. The van der Waals surface area contributed by atoms with E-state index >= 15 is 0 Å². The Labute approximate surface area is 205 Å². The highest BCUT2D eigenvalue weighted by molar-refractivity contribution is 9.10. The SMILES string of the molecule is O=C(Nc1c(C(=O)O)nn(-c2ccc(Br)cc2)c1-c1ccc(Br)cc1)c1ccc(Cl)cc1. The summed E-state index contributed by atoms with van der Waals surface area (Å²) in [6, 6.07) is 20.9. The Hall–Kier alpha value is -2.94. The average molecular weight is 576 g/mol. The van der Waals surface area contributed by atoms with E-state index in [9.17, 15) is 14.7 Å². The van der Waals surface area contributed by atoms with Gasteiger partial charge in [0.15, 0.2) is 5.69 Å². The second-order valence-corrected chi connectivity index (χ2v) is 9.00. The summed E-state index contributed by atoms with van der Waals surface area (Å²) >= 11 is 12.7. The number of nitrogens with one attached hydrogen (secondary N) is 1. The molecule has 0 spiro atoms. The van der Waals surface area contributed by atoms with Gasteiger partial charge in [-0.1, -0.05) is 55.6 Å². The Bertz CT molecular complexity index is 1300. The van der Waals surface area contributed by atoms with Gasteiger partial charge in [0.25, 0.3) is 5.91 Å². The summed E-state index contributed by atoms with van der Waals surface area (Å²) in [5.41, 5.74) is 1.93. The molecule has 0 aliphatic rings. The molecule has 0 aliphatic heterocycles. The molecular formula is C23H14Br2ClN3O3. The van der Waals surface area contributed by atoms with E-state index < -0.39 is 11.9 Å². The van der Waals surface area contributed by atoms with Crippen LogP contribution in [0.5, 0.6) is 0 Å². The van der Waals surface area contributed by atoms with Crippen molar-refractivity contribution in [3.63, 3.8) is 0 Å². The molecule has 0 saturated heterocycles. The highest BCUT2D eigenvalue weighted by Gasteiger charge is 2.26. The maximum Gasteiger partial charge on any atom is 0.358 e. The number of aromatic nitrogens is 2. The molecule has 0 bridgehead atoms. The zero-order valence-corrected chi connectivity index (χ0v) is 20.1. The molecule has 4 aromatic rings. The van der Waals surface area contributed by atoms with Crippen molar-refractivity contribution in [2.45, 2.75) is 0 Å². The van der Waals surface area contributed by atoms with Crippen LogP contribution in [-0.2, 0) is 0 Å². The predicted molar refractivity (Wildman–Crippen MR) is 131 cm³/mol. The van der Waals surface area contributed by atoms with Gasteiger partial charge in [-0.3, -0.25) is 4.79 Å². The van der Waals surface area contributed by atoms with E-state index in [1.165, 1.54) is 4.68 Å². The molecule has 1 amide bonds. The van der Waals surface area contributed by atoms with Crippen LogP contribution in [0.3, 0.4) is 0 Å². The van der Waals surface area contributed by atoms with Gasteiger partial charge in [-0.2, -0.15) is 5.10 Å². The predicted octanol–water partition coefficient (Wildman–Crippen LogP) is 6.67. The number of amides is 1. The first-order valence-electron chi connectivity index (χ1n) is 9.28. The Morgan fingerprint density at radius 2 is 1.44 bits per heavy atom. The summed E-state index contributed by atoms with van der Waals surface area (Å²) in [4.78, 5) is 25.0. The number of hydrogen-bond acceptors (Lipinski definition) is 3. The topological polar surface area (TPSA) is 84.2 Å². The zero-order chi connectivity index (χ0) is 22.8. The first kappa shape index (κ1) is 22.3. The van der Waals surface area contributed by atoms with Gasteiger partial charge in [0.1, 0.15) is 5.69 Å². The maximum atomic E-state index is 12.9. The average Bonchev–Trinajstić information content (AvgIpc) is 3.14. The van der Waals surface area contributed by atoms with Gasteiger partial charge in [0.2, 0.25) is 0 Å². The van der Waals surface area contributed by atoms with Gasteiger partial charge in [0, 0.05) is 25.1 Å². The first-order chi connectivity index (χ1) is 15.3. The molecule has 1 aromatic heterocycles. The number of hydrogen-bond donors (Lipinski definition) is 2. The van der Waals surface area contributed by atoms with Crippen LogP contribution in [0, 0.1) is 0 Å². The Morgan fingerprint density at radius 3 is 2.00 bits per heavy atom. The third-order valence-corrected chi connectivity index (χ3v) is 5.93. The Morgan fingerprint density at radius 1 is 0.875 bits per heavy atom. The van der Waals surface area contributed by atoms with Crippen LogP contribution in [0.4, 0.5) is 5.69 Å². The van der Waals surface area contributed by atoms with Crippen molar-refractivity contribution in [1.82, 2.24) is 9.78 Å². The van der Waals surface area contributed by atoms with Gasteiger partial charge in [-0.05, 0) is 60.7 Å². The number of carbonyl (C=O) groups excluding carboxylic acids is 1. The third-order valence-electron chi connectivity index (χ3n) is 4.62. The summed E-state index contributed by atoms with van der Waals surface area (Å²) in [6.07, 6.45) is 0. The molecular weight excluding hydrogens is 562 g/mol. The highest BCUT2D eigenvalue weighted by Crippen LogP contribution is 2.35. The first-order valence-corrected chi connectivity index (χ1v) is 11.2. The van der Waals surface area contributed by atoms with Crippen LogP contribution in [-0.4, -0.2) is 26.8 Å². The van der Waals surface area contributed by atoms with Crippen molar-refractivity contribution in [3.05, 3.63) is 98.0 Å². The van der Waals surface area contributed by atoms with Crippen LogP contribution in [0.2, 0.25) is 5.02 Å². The molecule has 0 fully saturated rings. The fourth-order valence-corrected chi connectivity index (χ4v) is 3.77. The molecule has 9 heteroatoms. The number of benzene rings is 3. The van der Waals surface area contributed by atoms with E-state index in [-0.39, 0.29) is 11.4 Å². The lowest BCUT2D eigenvalue weighted by Crippen LogP contribution is -2.14. The second-order valence-electron chi connectivity index (χ2n) is 6.73. The van der Waals surface area contributed by atoms with E-state index in [1.807, 2.05) is 36.4 Å². The fraction of sp³-hybridized carbons (Fsp3) is 0. The van der Waals surface area contributed by atoms with E-state index in [4.69, 9.17) is 11.6 Å². The minimum atomic E-state index is -1.26. The molecule has 1 heterocycles. The molecule has 6 nitrogen and oxygen atoms in total. The quantitative estimate of drug-likeness (QED) is 0.279. The molecule has 0 atom stereocenters. The largest absolute Gasteiger partial charge is 0.476 e. The van der Waals surface area contributed by atoms with Crippen LogP contribution < -0.4 is 5.32 Å². The molecule has 0 saturated carbocycles. The molecule has 32 heavy (non-hydrogen) atoms. The number of carboxylic acid groups (broad SMARTS) is 1. The molecule has 0 unspecified atom stereocenters. The summed E-state index contributed by atoms with van der Waals surface area (Å²) in [5.74, 6) is -1.73. The van der Waals surface area contributed by atoms with Crippen LogP contribution >= 0.6 is 43.5 Å². The van der Waals surface area contributed by atoms with E-state index in [1.54, 1.807) is 36.4 Å². The molecule has 0 radical (unpaired) electrons. The summed E-state index contributed by atoms with van der Waals surface area (Å²) in [5, 5.41) is 17.4. The monoisotopic (exact) mass is 573 g/mol. The second kappa shape index (κ2) is 9.28. The van der Waals surface area contributed by atoms with Crippen LogP contribution in [0.1, 0.15) is 20.8 Å². The van der Waals surface area contributed by atoms with Gasteiger partial charge in [-0.25, -0.2) is 9.48 Å². The summed E-state index contributed by atoms with van der Waals surface area (Å²) in [6.45, 7) is 0. The normalized spacial score (nSPS) is 10.7. The zero-order valence-electron chi connectivity index (χ0n) is 16.2. The van der Waals surface area contributed by atoms with Crippen molar-refractivity contribution in [1.29, 1.82) is 0 Å². The van der Waals surface area contributed by atoms with E-state index in [0.29, 0.717) is 27.5 Å². The minimum absolute atomic E-state index is 0.0997. The van der Waals surface area contributed by atoms with Crippen molar-refractivity contribution in [2.24, 2.45) is 0 Å². The lowest BCUT2D eigenvalue weighted by molar-refractivity contribution is 0.0691. The molecule has 160 valence electrons. The van der Waals surface area contributed by atoms with Crippen molar-refractivity contribution in [2.75, 3.05) is 5.32 Å². The number of carboxylic acids is 1. The number of anilines is 1. The minimum Gasteiger partial charge on any atom is -0.476 e. The fourth-order valence-electron chi connectivity index (χ4n) is 3.12. The summed E-state index contributed by atoms with van der Waals surface area (Å²) in [7, 11) is 0. The molecule has 0 aliphatic carbocycles. The van der Waals surface area contributed by atoms with E-state index in [2.05, 4.69) is 42.3 Å². The number of aromatic carboxylic acids is 1. The molecule has 3 aromatic carbocycles. The van der Waals surface area contributed by atoms with E-state index in [0.717, 1.165) is 8.95 Å². The third kappa shape index (κ3) is 4.62. The Balaban J connectivity index is 1.91. The van der Waals surface area contributed by atoms with Crippen LogP contribution in [0.15, 0.2) is 81.7 Å².